The van der Waals surface area contributed by atoms with Gasteiger partial charge in [0.1, 0.15) is 26.2 Å². The van der Waals surface area contributed by atoms with Gasteiger partial charge in [0.15, 0.2) is 0 Å². The van der Waals surface area contributed by atoms with Crippen molar-refractivity contribution in [3.63, 3.8) is 0 Å². The highest BCUT2D eigenvalue weighted by Crippen LogP contribution is 2.25. The summed E-state index contributed by atoms with van der Waals surface area (Å²) in [6.07, 6.45) is 7.26. The molecule has 0 radical (unpaired) electrons. The first-order valence-electron chi connectivity index (χ1n) is 12.7. The molecule has 0 bridgehead atoms. The van der Waals surface area contributed by atoms with Gasteiger partial charge in [-0.3, -0.25) is 9.59 Å². The molecule has 2 aromatic rings. The summed E-state index contributed by atoms with van der Waals surface area (Å²) in [6.45, 7) is 7.40. The lowest BCUT2D eigenvalue weighted by Gasteiger charge is -2.46. The van der Waals surface area contributed by atoms with Gasteiger partial charge < -0.3 is 42.9 Å². The quantitative estimate of drug-likeness (QED) is 0.273. The van der Waals surface area contributed by atoms with Crippen molar-refractivity contribution in [1.29, 1.82) is 0 Å². The molecule has 2 aromatic carbocycles. The normalized spacial score (nSPS) is 18.4. The Bertz CT molecular complexity index is 902. The molecule has 2 aliphatic heterocycles. The maximum atomic E-state index is 13.3. The largest absolute Gasteiger partial charge is 1.00 e. The summed E-state index contributed by atoms with van der Waals surface area (Å²) < 4.78 is 3.75. The summed E-state index contributed by atoms with van der Waals surface area (Å²) in [5.74, 6) is 0.482. The van der Waals surface area contributed by atoms with Gasteiger partial charge >= 0.3 is 0 Å². The van der Waals surface area contributed by atoms with Gasteiger partial charge in [-0.05, 0) is 62.8 Å². The van der Waals surface area contributed by atoms with Crippen LogP contribution in [0.4, 0.5) is 0 Å². The molecule has 0 spiro atoms. The van der Waals surface area contributed by atoms with Crippen molar-refractivity contribution in [3.8, 4) is 0 Å². The summed E-state index contributed by atoms with van der Waals surface area (Å²) in [5.41, 5.74) is 1.61. The maximum absolute atomic E-state index is 13.3. The SMILES string of the molecule is O=C(C[N+]1(CC[N+]2(CC(=O)c3ccc(Br)cc3)CCCCC2)CCCCC1)c1ccc(Br)cc1.[Br-].[Br-]. The molecule has 2 heterocycles. The number of benzene rings is 2. The van der Waals surface area contributed by atoms with Crippen LogP contribution in [-0.4, -0.2) is 72.9 Å². The maximum Gasteiger partial charge on any atom is 0.216 e. The fraction of sp³-hybridized carbons (Fsp3) is 0.500. The molecule has 36 heavy (non-hydrogen) atoms. The Labute approximate surface area is 253 Å². The van der Waals surface area contributed by atoms with Crippen molar-refractivity contribution in [2.24, 2.45) is 0 Å². The van der Waals surface area contributed by atoms with E-state index in [9.17, 15) is 9.59 Å². The number of halogens is 4. The Balaban J connectivity index is 0.00000228. The first-order chi connectivity index (χ1) is 16.4. The van der Waals surface area contributed by atoms with Gasteiger partial charge in [-0.2, -0.15) is 0 Å². The average Bonchev–Trinajstić information content (AvgIpc) is 2.85. The van der Waals surface area contributed by atoms with E-state index in [0.29, 0.717) is 13.1 Å². The van der Waals surface area contributed by atoms with E-state index in [1.807, 2.05) is 48.5 Å². The third-order valence-corrected chi connectivity index (χ3v) is 8.93. The second-order valence-electron chi connectivity index (χ2n) is 10.3. The van der Waals surface area contributed by atoms with Crippen molar-refractivity contribution in [2.75, 3.05) is 52.4 Å². The van der Waals surface area contributed by atoms with Crippen LogP contribution in [0.3, 0.4) is 0 Å². The second-order valence-corrected chi connectivity index (χ2v) is 12.2. The number of carbonyl (C=O) groups is 2. The minimum absolute atomic E-state index is 0. The van der Waals surface area contributed by atoms with Crippen LogP contribution in [0.5, 0.6) is 0 Å². The number of likely N-dealkylation sites (tertiary alicyclic amines) is 2. The van der Waals surface area contributed by atoms with Gasteiger partial charge in [0.2, 0.25) is 11.6 Å². The van der Waals surface area contributed by atoms with Crippen LogP contribution in [0.2, 0.25) is 0 Å². The number of hydrogen-bond donors (Lipinski definition) is 0. The zero-order valence-corrected chi connectivity index (χ0v) is 27.1. The number of rotatable bonds is 9. The molecule has 8 heteroatoms. The monoisotopic (exact) mass is 748 g/mol. The van der Waals surface area contributed by atoms with Crippen molar-refractivity contribution < 1.29 is 52.5 Å². The lowest BCUT2D eigenvalue weighted by molar-refractivity contribution is -0.977. The molecule has 0 unspecified atom stereocenters. The molecule has 0 amide bonds. The summed E-state index contributed by atoms with van der Waals surface area (Å²) in [6, 6.07) is 15.5. The smallest absolute Gasteiger partial charge is 0.216 e. The minimum Gasteiger partial charge on any atom is -1.00 e. The third kappa shape index (κ3) is 8.57. The van der Waals surface area contributed by atoms with Crippen LogP contribution in [0.1, 0.15) is 59.2 Å². The van der Waals surface area contributed by atoms with E-state index in [1.165, 1.54) is 38.5 Å². The topological polar surface area (TPSA) is 34.1 Å². The van der Waals surface area contributed by atoms with Crippen molar-refractivity contribution >= 4 is 43.4 Å². The molecule has 0 saturated carbocycles. The molecule has 4 rings (SSSR count). The summed E-state index contributed by atoms with van der Waals surface area (Å²) in [5, 5.41) is 0. The lowest BCUT2D eigenvalue weighted by Crippen LogP contribution is -3.00. The highest BCUT2D eigenvalue weighted by molar-refractivity contribution is 9.10. The van der Waals surface area contributed by atoms with E-state index in [2.05, 4.69) is 31.9 Å². The molecule has 2 aliphatic rings. The summed E-state index contributed by atoms with van der Waals surface area (Å²) in [4.78, 5) is 26.5. The standard InChI is InChI=1S/C28H36Br2N2O2.2BrH/c29-25-11-7-23(8-12-25)27(33)21-31(15-3-1-4-16-31)19-20-32(17-5-2-6-18-32)22-28(34)24-9-13-26(30)14-10-24;;/h7-14H,1-6,15-22H2;2*1H/q+2;;/p-2. The molecule has 2 saturated heterocycles. The highest BCUT2D eigenvalue weighted by Gasteiger charge is 2.39. The van der Waals surface area contributed by atoms with E-state index >= 15 is 0 Å². The van der Waals surface area contributed by atoms with Gasteiger partial charge in [0.25, 0.3) is 0 Å². The zero-order chi connectivity index (χ0) is 24.0. The number of nitrogens with zero attached hydrogens (tertiary/aromatic N) is 2. The van der Waals surface area contributed by atoms with Crippen LogP contribution < -0.4 is 34.0 Å². The molecule has 0 atom stereocenters. The van der Waals surface area contributed by atoms with E-state index < -0.39 is 0 Å². The number of ketones is 2. The number of hydrogen-bond acceptors (Lipinski definition) is 2. The van der Waals surface area contributed by atoms with Crippen LogP contribution in [0.25, 0.3) is 0 Å². The molecule has 0 N–H and O–H groups in total. The van der Waals surface area contributed by atoms with E-state index in [0.717, 1.165) is 68.3 Å². The summed E-state index contributed by atoms with van der Waals surface area (Å²) >= 11 is 6.94. The van der Waals surface area contributed by atoms with E-state index in [-0.39, 0.29) is 45.5 Å². The number of quaternary nitrogens is 2. The predicted molar refractivity (Wildman–Crippen MR) is 144 cm³/mol. The Morgan fingerprint density at radius 1 is 0.556 bits per heavy atom. The van der Waals surface area contributed by atoms with Crippen LogP contribution in [-0.2, 0) is 0 Å². The average molecular weight is 752 g/mol. The lowest BCUT2D eigenvalue weighted by atomic mass is 10.0. The molecule has 0 aromatic heterocycles. The van der Waals surface area contributed by atoms with Gasteiger partial charge in [0.05, 0.1) is 26.2 Å². The van der Waals surface area contributed by atoms with Gasteiger partial charge in [-0.1, -0.05) is 56.1 Å². The van der Waals surface area contributed by atoms with Crippen molar-refractivity contribution in [2.45, 2.75) is 38.5 Å². The van der Waals surface area contributed by atoms with Gasteiger partial charge in [0, 0.05) is 20.1 Å². The summed E-state index contributed by atoms with van der Waals surface area (Å²) in [7, 11) is 0. The first kappa shape index (κ1) is 31.8. The van der Waals surface area contributed by atoms with Crippen LogP contribution in [0, 0.1) is 0 Å². The Morgan fingerprint density at radius 2 is 0.861 bits per heavy atom. The predicted octanol–water partition coefficient (Wildman–Crippen LogP) is 0.287. The Morgan fingerprint density at radius 3 is 1.17 bits per heavy atom. The zero-order valence-electron chi connectivity index (χ0n) is 20.7. The molecular formula is C28H36Br4N2O2. The number of piperidine rings is 2. The molecule has 0 aliphatic carbocycles. The molecular weight excluding hydrogens is 716 g/mol. The fourth-order valence-corrected chi connectivity index (χ4v) is 6.30. The Hall–Kier alpha value is -0.380. The fourth-order valence-electron chi connectivity index (χ4n) is 5.78. The van der Waals surface area contributed by atoms with Crippen molar-refractivity contribution in [1.82, 2.24) is 0 Å². The van der Waals surface area contributed by atoms with E-state index in [1.54, 1.807) is 0 Å². The first-order valence-corrected chi connectivity index (χ1v) is 14.3. The number of carbonyl (C=O) groups excluding carboxylic acids is 2. The third-order valence-electron chi connectivity index (χ3n) is 7.87. The van der Waals surface area contributed by atoms with Gasteiger partial charge in [-0.25, -0.2) is 0 Å². The van der Waals surface area contributed by atoms with Crippen LogP contribution in [0.15, 0.2) is 57.5 Å². The van der Waals surface area contributed by atoms with E-state index in [4.69, 9.17) is 0 Å². The second kappa shape index (κ2) is 14.7. The highest BCUT2D eigenvalue weighted by atomic mass is 79.9. The Kier molecular flexibility index (Phi) is 13.0. The molecule has 2 fully saturated rings. The minimum atomic E-state index is 0. The molecule has 198 valence electrons. The van der Waals surface area contributed by atoms with Gasteiger partial charge in [-0.15, -0.1) is 0 Å². The van der Waals surface area contributed by atoms with Crippen molar-refractivity contribution in [3.05, 3.63) is 68.6 Å². The molecule has 4 nitrogen and oxygen atoms in total. The van der Waals surface area contributed by atoms with Crippen LogP contribution >= 0.6 is 31.9 Å². The number of Topliss-reactive ketones (excluding diaryl/α,β-unsaturated/α-hetero) is 2.